The Morgan fingerprint density at radius 1 is 1.64 bits per heavy atom. The lowest BCUT2D eigenvalue weighted by Crippen LogP contribution is -2.38. The summed E-state index contributed by atoms with van der Waals surface area (Å²) < 4.78 is 0. The van der Waals surface area contributed by atoms with Crippen molar-refractivity contribution in [3.8, 4) is 0 Å². The number of nitrogens with two attached hydrogens (primary N) is 1. The normalized spacial score (nSPS) is 29.3. The molecule has 2 heterocycles. The summed E-state index contributed by atoms with van der Waals surface area (Å²) in [4.78, 5) is 3.93. The highest BCUT2D eigenvalue weighted by atomic mass is 32.1. The Morgan fingerprint density at radius 3 is 3.14 bits per heavy atom. The second-order valence-electron chi connectivity index (χ2n) is 4.08. The zero-order chi connectivity index (χ0) is 9.97. The van der Waals surface area contributed by atoms with Crippen molar-refractivity contribution in [1.82, 2.24) is 4.90 Å². The lowest BCUT2D eigenvalue weighted by molar-refractivity contribution is 0.128. The molecule has 0 aliphatic carbocycles. The van der Waals surface area contributed by atoms with Crippen LogP contribution in [-0.2, 0) is 0 Å². The predicted molar refractivity (Wildman–Crippen MR) is 61.5 cm³/mol. The van der Waals surface area contributed by atoms with E-state index in [0.29, 0.717) is 12.0 Å². The zero-order valence-electron chi connectivity index (χ0n) is 8.65. The third-order valence-electron chi connectivity index (χ3n) is 3.14. The molecule has 14 heavy (non-hydrogen) atoms. The molecule has 3 heteroatoms. The van der Waals surface area contributed by atoms with Gasteiger partial charge in [-0.25, -0.2) is 0 Å². The van der Waals surface area contributed by atoms with Gasteiger partial charge in [-0.1, -0.05) is 6.07 Å². The molecule has 2 atom stereocenters. The quantitative estimate of drug-likeness (QED) is 0.810. The fourth-order valence-electron chi connectivity index (χ4n) is 2.42. The van der Waals surface area contributed by atoms with Crippen molar-refractivity contribution in [2.75, 3.05) is 20.1 Å². The van der Waals surface area contributed by atoms with Crippen molar-refractivity contribution in [2.24, 2.45) is 11.7 Å². The van der Waals surface area contributed by atoms with Gasteiger partial charge in [0.2, 0.25) is 0 Å². The fraction of sp³-hybridized carbons (Fsp3) is 0.636. The maximum Gasteiger partial charge on any atom is 0.0478 e. The lowest BCUT2D eigenvalue weighted by atomic mass is 9.88. The largest absolute Gasteiger partial charge is 0.330 e. The summed E-state index contributed by atoms with van der Waals surface area (Å²) in [5.41, 5.74) is 5.84. The minimum absolute atomic E-state index is 0.564. The van der Waals surface area contributed by atoms with Crippen LogP contribution in [0.5, 0.6) is 0 Å². The first-order valence-electron chi connectivity index (χ1n) is 5.26. The molecule has 1 aromatic rings. The average Bonchev–Trinajstić information content (AvgIpc) is 2.70. The first-order valence-corrected chi connectivity index (χ1v) is 6.14. The van der Waals surface area contributed by atoms with Gasteiger partial charge in [-0.2, -0.15) is 0 Å². The highest BCUT2D eigenvalue weighted by Crippen LogP contribution is 2.36. The summed E-state index contributed by atoms with van der Waals surface area (Å²) in [6, 6.07) is 4.93. The molecule has 2 N–H and O–H groups in total. The number of rotatable bonds is 2. The number of nitrogens with zero attached hydrogens (tertiary/aromatic N) is 1. The number of hydrogen-bond acceptors (Lipinski definition) is 3. The van der Waals surface area contributed by atoms with E-state index in [4.69, 9.17) is 5.73 Å². The molecule has 2 rings (SSSR count). The molecule has 0 amide bonds. The summed E-state index contributed by atoms with van der Waals surface area (Å²) in [6.45, 7) is 2.02. The van der Waals surface area contributed by atoms with Gasteiger partial charge >= 0.3 is 0 Å². The molecule has 0 spiro atoms. The van der Waals surface area contributed by atoms with Crippen LogP contribution in [0.3, 0.4) is 0 Å². The number of likely N-dealkylation sites (tertiary alicyclic amines) is 1. The molecule has 1 saturated heterocycles. The van der Waals surface area contributed by atoms with Crippen molar-refractivity contribution in [2.45, 2.75) is 18.9 Å². The maximum atomic E-state index is 5.84. The van der Waals surface area contributed by atoms with Gasteiger partial charge < -0.3 is 5.73 Å². The Morgan fingerprint density at radius 2 is 2.50 bits per heavy atom. The third kappa shape index (κ3) is 1.85. The summed E-state index contributed by atoms with van der Waals surface area (Å²) in [6.07, 6.45) is 2.57. The van der Waals surface area contributed by atoms with Gasteiger partial charge in [-0.15, -0.1) is 11.3 Å². The molecule has 1 fully saturated rings. The van der Waals surface area contributed by atoms with E-state index in [-0.39, 0.29) is 0 Å². The van der Waals surface area contributed by atoms with E-state index in [1.807, 2.05) is 11.3 Å². The molecule has 1 aliphatic rings. The van der Waals surface area contributed by atoms with Crippen molar-refractivity contribution >= 4 is 11.3 Å². The zero-order valence-corrected chi connectivity index (χ0v) is 9.46. The van der Waals surface area contributed by atoms with E-state index in [2.05, 4.69) is 29.5 Å². The minimum Gasteiger partial charge on any atom is -0.330 e. The van der Waals surface area contributed by atoms with Crippen LogP contribution in [-0.4, -0.2) is 25.0 Å². The summed E-state index contributed by atoms with van der Waals surface area (Å²) >= 11 is 1.86. The summed E-state index contributed by atoms with van der Waals surface area (Å²) in [5, 5.41) is 2.16. The molecular weight excluding hydrogens is 192 g/mol. The van der Waals surface area contributed by atoms with Crippen molar-refractivity contribution in [1.29, 1.82) is 0 Å². The molecule has 0 radical (unpaired) electrons. The van der Waals surface area contributed by atoms with Crippen LogP contribution in [0.4, 0.5) is 0 Å². The minimum atomic E-state index is 0.564. The van der Waals surface area contributed by atoms with Crippen molar-refractivity contribution in [3.05, 3.63) is 22.4 Å². The SMILES string of the molecule is CN1CCCC(CN)C1c1cccs1. The first kappa shape index (κ1) is 10.1. The first-order chi connectivity index (χ1) is 6.83. The monoisotopic (exact) mass is 210 g/mol. The Kier molecular flexibility index (Phi) is 3.21. The molecule has 1 aliphatic heterocycles. The topological polar surface area (TPSA) is 29.3 Å². The Labute approximate surface area is 89.7 Å². The molecular formula is C11H18N2S. The molecule has 2 unspecified atom stereocenters. The van der Waals surface area contributed by atoms with E-state index in [1.165, 1.54) is 24.3 Å². The van der Waals surface area contributed by atoms with E-state index < -0.39 is 0 Å². The number of hydrogen-bond donors (Lipinski definition) is 1. The van der Waals surface area contributed by atoms with Crippen LogP contribution < -0.4 is 5.73 Å². The van der Waals surface area contributed by atoms with Crippen LogP contribution in [0.2, 0.25) is 0 Å². The second-order valence-corrected chi connectivity index (χ2v) is 5.06. The van der Waals surface area contributed by atoms with Crippen LogP contribution in [0.25, 0.3) is 0 Å². The van der Waals surface area contributed by atoms with Crippen LogP contribution in [0.15, 0.2) is 17.5 Å². The van der Waals surface area contributed by atoms with Gasteiger partial charge in [0.15, 0.2) is 0 Å². The smallest absolute Gasteiger partial charge is 0.0478 e. The van der Waals surface area contributed by atoms with E-state index in [1.54, 1.807) is 0 Å². The maximum absolute atomic E-state index is 5.84. The van der Waals surface area contributed by atoms with E-state index >= 15 is 0 Å². The van der Waals surface area contributed by atoms with E-state index in [9.17, 15) is 0 Å². The van der Waals surface area contributed by atoms with Gasteiger partial charge in [0.25, 0.3) is 0 Å². The van der Waals surface area contributed by atoms with Gasteiger partial charge in [-0.3, -0.25) is 4.90 Å². The Balaban J connectivity index is 2.19. The van der Waals surface area contributed by atoms with Gasteiger partial charge in [0.05, 0.1) is 0 Å². The van der Waals surface area contributed by atoms with Gasteiger partial charge in [-0.05, 0) is 50.3 Å². The molecule has 0 aromatic carbocycles. The lowest BCUT2D eigenvalue weighted by Gasteiger charge is -2.38. The molecule has 2 nitrogen and oxygen atoms in total. The predicted octanol–water partition coefficient (Wildman–Crippen LogP) is 2.09. The van der Waals surface area contributed by atoms with Crippen molar-refractivity contribution in [3.63, 3.8) is 0 Å². The Hall–Kier alpha value is -0.380. The van der Waals surface area contributed by atoms with Gasteiger partial charge in [0.1, 0.15) is 0 Å². The van der Waals surface area contributed by atoms with Crippen LogP contribution in [0, 0.1) is 5.92 Å². The average molecular weight is 210 g/mol. The summed E-state index contributed by atoms with van der Waals surface area (Å²) in [7, 11) is 2.21. The highest BCUT2D eigenvalue weighted by Gasteiger charge is 2.29. The van der Waals surface area contributed by atoms with E-state index in [0.717, 1.165) is 6.54 Å². The summed E-state index contributed by atoms with van der Waals surface area (Å²) in [5.74, 6) is 0.646. The van der Waals surface area contributed by atoms with Crippen LogP contribution >= 0.6 is 11.3 Å². The molecule has 78 valence electrons. The second kappa shape index (κ2) is 4.43. The fourth-order valence-corrected chi connectivity index (χ4v) is 3.40. The van der Waals surface area contributed by atoms with Crippen LogP contribution in [0.1, 0.15) is 23.8 Å². The molecule has 0 bridgehead atoms. The molecule has 0 saturated carbocycles. The number of thiophene rings is 1. The highest BCUT2D eigenvalue weighted by molar-refractivity contribution is 7.10. The standard InChI is InChI=1S/C11H18N2S/c1-13-6-2-4-9(8-12)11(13)10-5-3-7-14-10/h3,5,7,9,11H,2,4,6,8,12H2,1H3. The molecule has 1 aromatic heterocycles. The van der Waals surface area contributed by atoms with Gasteiger partial charge in [0, 0.05) is 10.9 Å². The number of piperidine rings is 1. The van der Waals surface area contributed by atoms with Crippen molar-refractivity contribution < 1.29 is 0 Å². The Bertz CT molecular complexity index is 271. The third-order valence-corrected chi connectivity index (χ3v) is 4.09.